The number of rotatable bonds is 1. The first kappa shape index (κ1) is 27.3. The van der Waals surface area contributed by atoms with Crippen LogP contribution in [0, 0.1) is 42.4 Å². The molecule has 1 spiro atoms. The summed E-state index contributed by atoms with van der Waals surface area (Å²) < 4.78 is 0. The number of hydrogen-bond donors (Lipinski definition) is 3. The molecule has 2 fully saturated rings. The van der Waals surface area contributed by atoms with Crippen LogP contribution in [0.3, 0.4) is 0 Å². The van der Waals surface area contributed by atoms with Crippen LogP contribution in [0.4, 0.5) is 0 Å². The minimum atomic E-state index is -1.77. The smallest absolute Gasteiger partial charge is 0.224 e. The van der Waals surface area contributed by atoms with Gasteiger partial charge in [-0.1, -0.05) is 51.5 Å². The zero-order valence-corrected chi connectivity index (χ0v) is 23.8. The number of allylic oxidation sites excluding steroid dienone is 5. The number of aromatic hydroxyl groups is 1. The first-order chi connectivity index (χ1) is 18.1. The molecule has 3 N–H and O–H groups in total. The van der Waals surface area contributed by atoms with Crippen molar-refractivity contribution >= 4 is 23.3 Å². The summed E-state index contributed by atoms with van der Waals surface area (Å²) in [5.41, 5.74) is -1.89. The van der Waals surface area contributed by atoms with Gasteiger partial charge in [-0.15, -0.1) is 0 Å². The maximum Gasteiger partial charge on any atom is 0.224 e. The van der Waals surface area contributed by atoms with Crippen LogP contribution < -0.4 is 5.32 Å². The van der Waals surface area contributed by atoms with Crippen molar-refractivity contribution in [3.63, 3.8) is 0 Å². The predicted octanol–water partition coefficient (Wildman–Crippen LogP) is 4.50. The highest BCUT2D eigenvalue weighted by Gasteiger charge is 2.78. The summed E-state index contributed by atoms with van der Waals surface area (Å²) >= 11 is 0. The van der Waals surface area contributed by atoms with Crippen molar-refractivity contribution in [2.24, 2.45) is 35.5 Å². The van der Waals surface area contributed by atoms with Gasteiger partial charge in [-0.05, 0) is 68.2 Å². The molecular weight excluding hydrogens is 494 g/mol. The van der Waals surface area contributed by atoms with Crippen molar-refractivity contribution in [2.45, 2.75) is 66.5 Å². The third kappa shape index (κ3) is 3.32. The van der Waals surface area contributed by atoms with E-state index >= 15 is 0 Å². The number of carbonyl (C=O) groups excluding carboxylic acids is 4. The maximum absolute atomic E-state index is 14.7. The number of hydrogen-bond acceptors (Lipinski definition) is 6. The van der Waals surface area contributed by atoms with Gasteiger partial charge in [0.1, 0.15) is 16.9 Å². The lowest BCUT2D eigenvalue weighted by Gasteiger charge is -2.43. The van der Waals surface area contributed by atoms with Crippen molar-refractivity contribution in [2.75, 3.05) is 0 Å². The number of phenols is 1. The van der Waals surface area contributed by atoms with Crippen LogP contribution in [0.2, 0.25) is 0 Å². The number of benzene rings is 1. The second kappa shape index (κ2) is 8.59. The minimum absolute atomic E-state index is 0.00555. The molecular formula is C32H37NO6. The molecule has 1 heterocycles. The third-order valence-electron chi connectivity index (χ3n) is 9.71. The molecule has 3 aliphatic carbocycles. The largest absolute Gasteiger partial charge is 0.507 e. The van der Waals surface area contributed by atoms with Crippen molar-refractivity contribution < 1.29 is 29.4 Å². The molecule has 0 unspecified atom stereocenters. The van der Waals surface area contributed by atoms with E-state index < -0.39 is 52.2 Å². The van der Waals surface area contributed by atoms with E-state index in [1.807, 2.05) is 46.8 Å². The van der Waals surface area contributed by atoms with Crippen LogP contribution in [0.25, 0.3) is 0 Å². The Balaban J connectivity index is 1.96. The molecule has 0 aromatic heterocycles. The Bertz CT molecular complexity index is 1460. The minimum Gasteiger partial charge on any atom is -0.507 e. The van der Waals surface area contributed by atoms with E-state index in [1.165, 1.54) is 6.07 Å². The molecule has 2 bridgehead atoms. The van der Waals surface area contributed by atoms with E-state index in [2.05, 4.69) is 5.32 Å². The average Bonchev–Trinajstić information content (AvgIpc) is 3.24. The monoisotopic (exact) mass is 531 g/mol. The molecule has 206 valence electrons. The number of phenolic OH excluding ortho intramolecular Hbond substituents is 1. The van der Waals surface area contributed by atoms with E-state index in [9.17, 15) is 29.4 Å². The third-order valence-corrected chi connectivity index (χ3v) is 9.71. The van der Waals surface area contributed by atoms with Gasteiger partial charge in [0.2, 0.25) is 5.91 Å². The van der Waals surface area contributed by atoms with E-state index in [0.29, 0.717) is 11.1 Å². The summed E-state index contributed by atoms with van der Waals surface area (Å²) in [7, 11) is 0. The van der Waals surface area contributed by atoms with E-state index in [1.54, 1.807) is 26.8 Å². The van der Waals surface area contributed by atoms with Crippen LogP contribution in [0.5, 0.6) is 5.75 Å². The Morgan fingerprint density at radius 2 is 1.62 bits per heavy atom. The Hall–Kier alpha value is -3.32. The predicted molar refractivity (Wildman–Crippen MR) is 147 cm³/mol. The molecule has 4 aliphatic rings. The fraction of sp³-hybridized carbons (Fsp3) is 0.500. The van der Waals surface area contributed by atoms with E-state index in [0.717, 1.165) is 5.57 Å². The topological polar surface area (TPSA) is 121 Å². The van der Waals surface area contributed by atoms with Crippen LogP contribution in [-0.4, -0.2) is 44.6 Å². The Kier molecular flexibility index (Phi) is 6.00. The van der Waals surface area contributed by atoms with Gasteiger partial charge in [0, 0.05) is 23.0 Å². The molecule has 1 aliphatic heterocycles. The molecule has 1 aromatic rings. The first-order valence-electron chi connectivity index (χ1n) is 13.7. The molecule has 1 saturated carbocycles. The Morgan fingerprint density at radius 1 is 0.974 bits per heavy atom. The summed E-state index contributed by atoms with van der Waals surface area (Å²) in [6.45, 7) is 14.4. The fourth-order valence-electron chi connectivity index (χ4n) is 8.19. The molecule has 1 amide bonds. The lowest BCUT2D eigenvalue weighted by atomic mass is 9.62. The van der Waals surface area contributed by atoms with E-state index in [4.69, 9.17) is 0 Å². The maximum atomic E-state index is 14.7. The molecule has 7 atom stereocenters. The lowest BCUT2D eigenvalue weighted by Crippen LogP contribution is -2.64. The highest BCUT2D eigenvalue weighted by Crippen LogP contribution is 2.64. The highest BCUT2D eigenvalue weighted by molar-refractivity contribution is 6.28. The number of Topliss-reactive ketones (excluding diaryl/α,β-unsaturated/α-hetero) is 3. The van der Waals surface area contributed by atoms with E-state index in [-0.39, 0.29) is 45.7 Å². The Morgan fingerprint density at radius 3 is 2.23 bits per heavy atom. The van der Waals surface area contributed by atoms with Crippen molar-refractivity contribution in [1.29, 1.82) is 0 Å². The van der Waals surface area contributed by atoms with Crippen LogP contribution >= 0.6 is 0 Å². The number of aryl methyl sites for hydroxylation is 1. The van der Waals surface area contributed by atoms with Crippen LogP contribution in [0.1, 0.15) is 85.1 Å². The molecule has 1 saturated heterocycles. The van der Waals surface area contributed by atoms with Gasteiger partial charge in [-0.2, -0.15) is 0 Å². The average molecular weight is 532 g/mol. The van der Waals surface area contributed by atoms with Crippen LogP contribution in [0.15, 0.2) is 41.0 Å². The summed E-state index contributed by atoms with van der Waals surface area (Å²) in [6.07, 6.45) is 5.55. The highest BCUT2D eigenvalue weighted by atomic mass is 16.3. The van der Waals surface area contributed by atoms with Gasteiger partial charge in [0.15, 0.2) is 17.3 Å². The normalized spacial score (nSPS) is 39.9. The van der Waals surface area contributed by atoms with Gasteiger partial charge < -0.3 is 15.5 Å². The second-order valence-electron chi connectivity index (χ2n) is 12.5. The van der Waals surface area contributed by atoms with Gasteiger partial charge in [-0.25, -0.2) is 0 Å². The standard InChI is InChI=1S/C32H37NO6/c1-13(2)21-24-19(8)32(39)18(7)11-15(4)9-14(3)10-16(5)25(34)23-22-20(12-17(6)26(23)35)29(37)31(24,33-30(21)38)28(32)27(22)36/h9-13,15,19,21,24,28,35,39H,1-8H3,(H,33,38)/b14-9-,16-10+,18-11+/t15-,19-,21-,24-,28+,31-,32+/m1/s1. The zero-order chi connectivity index (χ0) is 28.9. The van der Waals surface area contributed by atoms with Crippen molar-refractivity contribution in [3.8, 4) is 5.75 Å². The summed E-state index contributed by atoms with van der Waals surface area (Å²) in [6, 6.07) is 1.44. The van der Waals surface area contributed by atoms with Crippen LogP contribution in [-0.2, 0) is 4.79 Å². The summed E-state index contributed by atoms with van der Waals surface area (Å²) in [5.74, 6) is -5.86. The molecule has 5 rings (SSSR count). The number of carbonyl (C=O) groups is 4. The van der Waals surface area contributed by atoms with Gasteiger partial charge in [-0.3, -0.25) is 19.2 Å². The van der Waals surface area contributed by atoms with Gasteiger partial charge in [0.05, 0.1) is 11.5 Å². The molecule has 0 radical (unpaired) electrons. The number of ketones is 3. The molecule has 7 heteroatoms. The van der Waals surface area contributed by atoms with Gasteiger partial charge in [0.25, 0.3) is 0 Å². The van der Waals surface area contributed by atoms with Crippen molar-refractivity contribution in [3.05, 3.63) is 63.3 Å². The van der Waals surface area contributed by atoms with Crippen molar-refractivity contribution in [1.82, 2.24) is 5.32 Å². The lowest BCUT2D eigenvalue weighted by molar-refractivity contribution is -0.126. The summed E-state index contributed by atoms with van der Waals surface area (Å²) in [4.78, 5) is 56.6. The first-order valence-corrected chi connectivity index (χ1v) is 13.7. The molecule has 39 heavy (non-hydrogen) atoms. The number of nitrogens with one attached hydrogen (secondary N) is 1. The fourth-order valence-corrected chi connectivity index (χ4v) is 8.19. The second-order valence-corrected chi connectivity index (χ2v) is 12.5. The number of aliphatic hydroxyl groups is 1. The SMILES string of the molecule is CC1=C/[C@@H](C)/C=C(\C)[C@]2(O)[C@H](C)[C@@H]3[C@@H](C(C)C)C(=O)N[C@]34C(=O)c3cc(C)c(O)c(c3C(=O)[C@@H]42)C(=O)\C(C)=C\1. The quantitative estimate of drug-likeness (QED) is 0.459. The Labute approximate surface area is 229 Å². The zero-order valence-electron chi connectivity index (χ0n) is 23.8. The van der Waals surface area contributed by atoms with Gasteiger partial charge >= 0.3 is 0 Å². The number of amides is 1. The molecule has 7 nitrogen and oxygen atoms in total. The summed E-state index contributed by atoms with van der Waals surface area (Å²) in [5, 5.41) is 26.7. The molecule has 1 aromatic carbocycles.